The topological polar surface area (TPSA) is 9.23 Å². The summed E-state index contributed by atoms with van der Waals surface area (Å²) >= 11 is 0. The van der Waals surface area contributed by atoms with E-state index in [1.54, 1.807) is 12.1 Å². The van der Waals surface area contributed by atoms with Crippen molar-refractivity contribution in [1.82, 2.24) is 0 Å². The molecule has 2 aromatic rings. The lowest BCUT2D eigenvalue weighted by atomic mass is 9.77. The van der Waals surface area contributed by atoms with E-state index in [0.29, 0.717) is 12.2 Å². The Balaban J connectivity index is 1.70. The van der Waals surface area contributed by atoms with Crippen LogP contribution in [0.25, 0.3) is 0 Å². The van der Waals surface area contributed by atoms with Crippen LogP contribution in [0.3, 0.4) is 0 Å². The van der Waals surface area contributed by atoms with Gasteiger partial charge in [0.2, 0.25) is 0 Å². The molecule has 1 aliphatic carbocycles. The van der Waals surface area contributed by atoms with Gasteiger partial charge in [-0.15, -0.1) is 0 Å². The molecule has 0 radical (unpaired) electrons. The molecule has 0 saturated heterocycles. The molecule has 0 aromatic heterocycles. The van der Waals surface area contributed by atoms with Crippen molar-refractivity contribution < 1.29 is 13.5 Å². The molecular weight excluding hydrogens is 366 g/mol. The standard InChI is InChI=1S/C26H30F2O/c1-3-5-19-6-11-21(12-7-19)22-17-25(27)24(26(28)18-22)15-10-20-8-13-23(14-9-20)29-16-4-2/h8-9,13-14,17-19,21H,3-7,11-12,16H2,1-2H3. The van der Waals surface area contributed by atoms with Gasteiger partial charge in [-0.1, -0.05) is 38.5 Å². The van der Waals surface area contributed by atoms with E-state index in [1.165, 1.54) is 25.0 Å². The summed E-state index contributed by atoms with van der Waals surface area (Å²) in [6.07, 6.45) is 7.75. The van der Waals surface area contributed by atoms with Crippen LogP contribution in [0.5, 0.6) is 5.75 Å². The molecular formula is C26H30F2O. The van der Waals surface area contributed by atoms with Crippen molar-refractivity contribution in [2.75, 3.05) is 6.61 Å². The molecule has 1 saturated carbocycles. The third-order valence-electron chi connectivity index (χ3n) is 5.74. The van der Waals surface area contributed by atoms with Crippen molar-refractivity contribution in [3.05, 3.63) is 64.7 Å². The highest BCUT2D eigenvalue weighted by Crippen LogP contribution is 2.38. The predicted molar refractivity (Wildman–Crippen MR) is 114 cm³/mol. The molecule has 1 nitrogen and oxygen atoms in total. The van der Waals surface area contributed by atoms with Gasteiger partial charge in [-0.3, -0.25) is 0 Å². The zero-order valence-corrected chi connectivity index (χ0v) is 17.4. The Morgan fingerprint density at radius 2 is 1.55 bits per heavy atom. The van der Waals surface area contributed by atoms with E-state index in [0.717, 1.165) is 49.3 Å². The Bertz CT molecular complexity index is 830. The number of hydrogen-bond donors (Lipinski definition) is 0. The van der Waals surface area contributed by atoms with E-state index < -0.39 is 11.6 Å². The normalized spacial score (nSPS) is 18.8. The average Bonchev–Trinajstić information content (AvgIpc) is 2.73. The summed E-state index contributed by atoms with van der Waals surface area (Å²) in [5, 5.41) is 0. The van der Waals surface area contributed by atoms with E-state index in [1.807, 2.05) is 19.1 Å². The van der Waals surface area contributed by atoms with Crippen LogP contribution >= 0.6 is 0 Å². The van der Waals surface area contributed by atoms with Crippen molar-refractivity contribution in [3.8, 4) is 17.6 Å². The van der Waals surface area contributed by atoms with Crippen molar-refractivity contribution in [3.63, 3.8) is 0 Å². The molecule has 0 heterocycles. The van der Waals surface area contributed by atoms with Gasteiger partial charge < -0.3 is 4.74 Å². The first-order valence-corrected chi connectivity index (χ1v) is 10.8. The second-order valence-corrected chi connectivity index (χ2v) is 7.99. The maximum absolute atomic E-state index is 14.6. The summed E-state index contributed by atoms with van der Waals surface area (Å²) in [6.45, 7) is 4.92. The Labute approximate surface area is 173 Å². The molecule has 0 bridgehead atoms. The van der Waals surface area contributed by atoms with Gasteiger partial charge >= 0.3 is 0 Å². The minimum Gasteiger partial charge on any atom is -0.494 e. The van der Waals surface area contributed by atoms with Crippen molar-refractivity contribution in [2.45, 2.75) is 64.7 Å². The fraction of sp³-hybridized carbons (Fsp3) is 0.462. The molecule has 3 heteroatoms. The number of ether oxygens (including phenoxy) is 1. The van der Waals surface area contributed by atoms with Gasteiger partial charge in [0.1, 0.15) is 17.4 Å². The Morgan fingerprint density at radius 1 is 0.897 bits per heavy atom. The molecule has 3 rings (SSSR count). The highest BCUT2D eigenvalue weighted by molar-refractivity contribution is 5.46. The Morgan fingerprint density at radius 3 is 2.14 bits per heavy atom. The summed E-state index contributed by atoms with van der Waals surface area (Å²) in [4.78, 5) is 0. The quantitative estimate of drug-likeness (QED) is 0.468. The maximum atomic E-state index is 14.6. The summed E-state index contributed by atoms with van der Waals surface area (Å²) in [5.74, 6) is 6.20. The van der Waals surface area contributed by atoms with Crippen LogP contribution in [0.1, 0.15) is 81.4 Å². The largest absolute Gasteiger partial charge is 0.494 e. The van der Waals surface area contributed by atoms with Gasteiger partial charge in [0.05, 0.1) is 12.2 Å². The molecule has 2 aromatic carbocycles. The van der Waals surface area contributed by atoms with Crippen molar-refractivity contribution >= 4 is 0 Å². The molecule has 1 aliphatic rings. The second-order valence-electron chi connectivity index (χ2n) is 7.99. The minimum absolute atomic E-state index is 0.153. The number of hydrogen-bond acceptors (Lipinski definition) is 1. The summed E-state index contributed by atoms with van der Waals surface area (Å²) in [5.41, 5.74) is 1.32. The van der Waals surface area contributed by atoms with E-state index in [9.17, 15) is 8.78 Å². The molecule has 0 amide bonds. The summed E-state index contributed by atoms with van der Waals surface area (Å²) in [7, 11) is 0. The SMILES string of the molecule is CCCOc1ccc(C#Cc2c(F)cc(C3CCC(CCC)CC3)cc2F)cc1. The fourth-order valence-corrected chi connectivity index (χ4v) is 4.13. The summed E-state index contributed by atoms with van der Waals surface area (Å²) < 4.78 is 34.7. The van der Waals surface area contributed by atoms with Crippen LogP contribution in [0.4, 0.5) is 8.78 Å². The smallest absolute Gasteiger partial charge is 0.142 e. The van der Waals surface area contributed by atoms with Gasteiger partial charge in [-0.2, -0.15) is 0 Å². The number of benzene rings is 2. The van der Waals surface area contributed by atoms with E-state index in [2.05, 4.69) is 18.8 Å². The zero-order chi connectivity index (χ0) is 20.6. The van der Waals surface area contributed by atoms with Gasteiger partial charge in [0.25, 0.3) is 0 Å². The third kappa shape index (κ3) is 5.82. The highest BCUT2D eigenvalue weighted by atomic mass is 19.1. The van der Waals surface area contributed by atoms with Gasteiger partial charge in [0.15, 0.2) is 0 Å². The van der Waals surface area contributed by atoms with Crippen molar-refractivity contribution in [1.29, 1.82) is 0 Å². The van der Waals surface area contributed by atoms with Crippen LogP contribution in [0, 0.1) is 29.4 Å². The summed E-state index contributed by atoms with van der Waals surface area (Å²) in [6, 6.07) is 10.2. The fourth-order valence-electron chi connectivity index (χ4n) is 4.13. The Kier molecular flexibility index (Phi) is 7.69. The van der Waals surface area contributed by atoms with Gasteiger partial charge in [-0.25, -0.2) is 8.78 Å². The second kappa shape index (κ2) is 10.4. The third-order valence-corrected chi connectivity index (χ3v) is 5.74. The van der Waals surface area contributed by atoms with Crippen LogP contribution in [-0.2, 0) is 0 Å². The van der Waals surface area contributed by atoms with Gasteiger partial charge in [0, 0.05) is 5.56 Å². The lowest BCUT2D eigenvalue weighted by Crippen LogP contribution is -2.13. The van der Waals surface area contributed by atoms with Gasteiger partial charge in [-0.05, 0) is 85.9 Å². The molecule has 0 atom stereocenters. The first-order chi connectivity index (χ1) is 14.1. The monoisotopic (exact) mass is 396 g/mol. The van der Waals surface area contributed by atoms with E-state index in [4.69, 9.17) is 4.74 Å². The molecule has 0 spiro atoms. The first kappa shape index (κ1) is 21.4. The van der Waals surface area contributed by atoms with Crippen LogP contribution in [-0.4, -0.2) is 6.61 Å². The number of rotatable bonds is 6. The Hall–Kier alpha value is -2.34. The molecule has 0 N–H and O–H groups in total. The first-order valence-electron chi connectivity index (χ1n) is 10.8. The number of halogens is 2. The van der Waals surface area contributed by atoms with E-state index >= 15 is 0 Å². The van der Waals surface area contributed by atoms with Crippen LogP contribution in [0.15, 0.2) is 36.4 Å². The highest BCUT2D eigenvalue weighted by Gasteiger charge is 2.23. The molecule has 0 unspecified atom stereocenters. The molecule has 0 aliphatic heterocycles. The molecule has 29 heavy (non-hydrogen) atoms. The predicted octanol–water partition coefficient (Wildman–Crippen LogP) is 7.23. The lowest BCUT2D eigenvalue weighted by molar-refractivity contribution is 0.307. The molecule has 154 valence electrons. The average molecular weight is 397 g/mol. The van der Waals surface area contributed by atoms with Crippen LogP contribution in [0.2, 0.25) is 0 Å². The van der Waals surface area contributed by atoms with Crippen molar-refractivity contribution in [2.24, 2.45) is 5.92 Å². The molecule has 1 fully saturated rings. The lowest BCUT2D eigenvalue weighted by Gasteiger charge is -2.28. The van der Waals surface area contributed by atoms with E-state index in [-0.39, 0.29) is 11.5 Å². The maximum Gasteiger partial charge on any atom is 0.142 e. The zero-order valence-electron chi connectivity index (χ0n) is 17.4. The minimum atomic E-state index is -0.564. The van der Waals surface area contributed by atoms with Crippen LogP contribution < -0.4 is 4.74 Å².